The largest absolute Gasteiger partial charge is 0.368 e. The Kier molecular flexibility index (Phi) is 6.89. The van der Waals surface area contributed by atoms with Crippen LogP contribution in [-0.2, 0) is 14.8 Å². The molecule has 1 atom stereocenters. The van der Waals surface area contributed by atoms with Crippen molar-refractivity contribution in [2.75, 3.05) is 0 Å². The number of rotatable bonds is 7. The third-order valence-electron chi connectivity index (χ3n) is 5.34. The number of nitrogens with zero attached hydrogens (tertiary/aromatic N) is 3. The molecule has 0 aliphatic rings. The molecule has 8 nitrogen and oxygen atoms in total. The molecule has 4 aromatic rings. The van der Waals surface area contributed by atoms with E-state index in [4.69, 9.17) is 5.73 Å². The highest BCUT2D eigenvalue weighted by Crippen LogP contribution is 2.18. The molecule has 3 aromatic carbocycles. The molecule has 0 saturated heterocycles. The van der Waals surface area contributed by atoms with E-state index in [1.165, 1.54) is 36.4 Å². The fraction of sp³-hybridized carbons (Fsp3) is 0.0769. The average molecular weight is 505 g/mol. The van der Waals surface area contributed by atoms with E-state index < -0.39 is 33.6 Å². The molecule has 182 valence electrons. The maximum absolute atomic E-state index is 13.5. The van der Waals surface area contributed by atoms with Gasteiger partial charge in [-0.2, -0.15) is 13.5 Å². The van der Waals surface area contributed by atoms with Gasteiger partial charge in [-0.25, -0.2) is 9.07 Å². The number of carbonyl (C=O) groups is 2. The van der Waals surface area contributed by atoms with E-state index >= 15 is 0 Å². The van der Waals surface area contributed by atoms with Gasteiger partial charge in [0, 0.05) is 5.56 Å². The van der Waals surface area contributed by atoms with Crippen molar-refractivity contribution in [3.8, 4) is 0 Å². The Morgan fingerprint density at radius 2 is 1.56 bits per heavy atom. The summed E-state index contributed by atoms with van der Waals surface area (Å²) in [7, 11) is -4.22. The van der Waals surface area contributed by atoms with Crippen molar-refractivity contribution in [1.82, 2.24) is 9.78 Å². The van der Waals surface area contributed by atoms with Crippen molar-refractivity contribution < 1.29 is 22.4 Å². The molecule has 0 fully saturated rings. The summed E-state index contributed by atoms with van der Waals surface area (Å²) in [6, 6.07) is 20.5. The van der Waals surface area contributed by atoms with Gasteiger partial charge in [-0.15, -0.1) is 4.40 Å². The highest BCUT2D eigenvalue weighted by molar-refractivity contribution is 7.90. The summed E-state index contributed by atoms with van der Waals surface area (Å²) < 4.78 is 44.5. The Morgan fingerprint density at radius 3 is 2.17 bits per heavy atom. The highest BCUT2D eigenvalue weighted by atomic mass is 32.2. The first-order valence-corrected chi connectivity index (χ1v) is 12.2. The van der Waals surface area contributed by atoms with Crippen LogP contribution in [0.5, 0.6) is 0 Å². The number of aryl methyl sites for hydroxylation is 1. The van der Waals surface area contributed by atoms with Crippen LogP contribution in [0.4, 0.5) is 4.39 Å². The second-order valence-electron chi connectivity index (χ2n) is 7.95. The van der Waals surface area contributed by atoms with Crippen molar-refractivity contribution in [2.24, 2.45) is 10.1 Å². The standard InChI is InChI=1S/C26H21FN4O4S/c1-17-7-13-21(14-8-17)36(34,35)30-23-16-15-22(25(32)19-5-3-2-4-6-19)29-31(23)24(26(28)33)18-9-11-20(27)12-10-18/h2-16,24H,1H3,(H2,28,33)/b30-23+. The van der Waals surface area contributed by atoms with E-state index in [-0.39, 0.29) is 21.6 Å². The van der Waals surface area contributed by atoms with Gasteiger partial charge in [-0.1, -0.05) is 60.2 Å². The molecule has 1 heterocycles. The second-order valence-corrected chi connectivity index (χ2v) is 9.56. The fourth-order valence-electron chi connectivity index (χ4n) is 3.51. The third-order valence-corrected chi connectivity index (χ3v) is 6.64. The van der Waals surface area contributed by atoms with E-state index in [0.717, 1.165) is 22.4 Å². The number of sulfonamides is 1. The van der Waals surface area contributed by atoms with Crippen LogP contribution >= 0.6 is 0 Å². The number of primary amides is 1. The minimum Gasteiger partial charge on any atom is -0.368 e. The van der Waals surface area contributed by atoms with Gasteiger partial charge in [0.2, 0.25) is 11.7 Å². The molecule has 1 amide bonds. The maximum atomic E-state index is 13.5. The Balaban J connectivity index is 1.94. The van der Waals surface area contributed by atoms with Gasteiger partial charge in [0.25, 0.3) is 10.0 Å². The van der Waals surface area contributed by atoms with E-state index in [0.29, 0.717) is 5.56 Å². The molecule has 2 N–H and O–H groups in total. The van der Waals surface area contributed by atoms with Gasteiger partial charge < -0.3 is 5.73 Å². The fourth-order valence-corrected chi connectivity index (χ4v) is 4.48. The summed E-state index contributed by atoms with van der Waals surface area (Å²) in [5.41, 5.74) is 6.79. The molecule has 0 radical (unpaired) electrons. The van der Waals surface area contributed by atoms with Gasteiger partial charge in [0.1, 0.15) is 11.5 Å². The molecule has 1 aromatic heterocycles. The number of hydrogen-bond donors (Lipinski definition) is 1. The Hall–Kier alpha value is -4.44. The maximum Gasteiger partial charge on any atom is 0.284 e. The highest BCUT2D eigenvalue weighted by Gasteiger charge is 2.25. The summed E-state index contributed by atoms with van der Waals surface area (Å²) in [5, 5.41) is 4.28. The summed E-state index contributed by atoms with van der Waals surface area (Å²) in [4.78, 5) is 25.5. The van der Waals surface area contributed by atoms with Gasteiger partial charge >= 0.3 is 0 Å². The molecule has 4 rings (SSSR count). The number of benzene rings is 3. The second kappa shape index (κ2) is 10.0. The van der Waals surface area contributed by atoms with E-state index in [1.807, 2.05) is 6.92 Å². The smallest absolute Gasteiger partial charge is 0.284 e. The van der Waals surface area contributed by atoms with Crippen LogP contribution in [0.15, 0.2) is 100 Å². The molecule has 0 spiro atoms. The minimum atomic E-state index is -4.22. The first-order chi connectivity index (χ1) is 17.2. The van der Waals surface area contributed by atoms with Crippen LogP contribution in [-0.4, -0.2) is 29.9 Å². The van der Waals surface area contributed by atoms with Crippen molar-refractivity contribution >= 4 is 21.7 Å². The zero-order chi connectivity index (χ0) is 25.9. The summed E-state index contributed by atoms with van der Waals surface area (Å²) in [6.45, 7) is 1.81. The van der Waals surface area contributed by atoms with Crippen molar-refractivity contribution in [1.29, 1.82) is 0 Å². The number of halogens is 1. The Labute approximate surface area is 206 Å². The number of amides is 1. The van der Waals surface area contributed by atoms with Crippen LogP contribution < -0.4 is 11.2 Å². The monoisotopic (exact) mass is 504 g/mol. The van der Waals surface area contributed by atoms with Crippen molar-refractivity contribution in [2.45, 2.75) is 17.9 Å². The molecule has 0 aliphatic heterocycles. The molecule has 0 saturated carbocycles. The topological polar surface area (TPSA) is 124 Å². The zero-order valence-electron chi connectivity index (χ0n) is 19.1. The van der Waals surface area contributed by atoms with Gasteiger partial charge in [0.15, 0.2) is 11.5 Å². The lowest BCUT2D eigenvalue weighted by Crippen LogP contribution is -2.38. The van der Waals surface area contributed by atoms with E-state index in [1.54, 1.807) is 42.5 Å². The SMILES string of the molecule is Cc1ccc(S(=O)(=O)/N=c2\ccc(C(=O)c3ccccc3)nn2C(C(N)=O)c2ccc(F)cc2)cc1. The van der Waals surface area contributed by atoms with Crippen molar-refractivity contribution in [3.63, 3.8) is 0 Å². The molecular weight excluding hydrogens is 483 g/mol. The lowest BCUT2D eigenvalue weighted by molar-refractivity contribution is -0.120. The lowest BCUT2D eigenvalue weighted by Gasteiger charge is -2.18. The quantitative estimate of drug-likeness (QED) is 0.388. The third kappa shape index (κ3) is 5.28. The molecule has 1 unspecified atom stereocenters. The molecule has 0 aliphatic carbocycles. The first-order valence-electron chi connectivity index (χ1n) is 10.8. The molecule has 0 bridgehead atoms. The number of carbonyl (C=O) groups excluding carboxylic acids is 2. The number of nitrogens with two attached hydrogens (primary N) is 1. The number of ketones is 1. The summed E-state index contributed by atoms with van der Waals surface area (Å²) in [6.07, 6.45) is 0. The normalized spacial score (nSPS) is 12.8. The average Bonchev–Trinajstić information content (AvgIpc) is 2.86. The van der Waals surface area contributed by atoms with Crippen LogP contribution in [0.2, 0.25) is 0 Å². The predicted octanol–water partition coefficient (Wildman–Crippen LogP) is 2.93. The van der Waals surface area contributed by atoms with Crippen LogP contribution in [0, 0.1) is 12.7 Å². The van der Waals surface area contributed by atoms with E-state index in [9.17, 15) is 22.4 Å². The van der Waals surface area contributed by atoms with Crippen LogP contribution in [0.3, 0.4) is 0 Å². The summed E-state index contributed by atoms with van der Waals surface area (Å²) in [5.74, 6) is -1.91. The number of aromatic nitrogens is 2. The van der Waals surface area contributed by atoms with Crippen LogP contribution in [0.1, 0.15) is 33.2 Å². The first kappa shape index (κ1) is 24.7. The van der Waals surface area contributed by atoms with Gasteiger partial charge in [-0.05, 0) is 48.9 Å². The Bertz CT molecular complexity index is 1600. The van der Waals surface area contributed by atoms with Gasteiger partial charge in [0.05, 0.1) is 4.90 Å². The molecule has 10 heteroatoms. The zero-order valence-corrected chi connectivity index (χ0v) is 19.9. The van der Waals surface area contributed by atoms with Crippen LogP contribution in [0.25, 0.3) is 0 Å². The predicted molar refractivity (Wildman–Crippen MR) is 130 cm³/mol. The van der Waals surface area contributed by atoms with Gasteiger partial charge in [-0.3, -0.25) is 9.59 Å². The van der Waals surface area contributed by atoms with Crippen molar-refractivity contribution in [3.05, 3.63) is 125 Å². The Morgan fingerprint density at radius 1 is 0.917 bits per heavy atom. The minimum absolute atomic E-state index is 0.0681. The van der Waals surface area contributed by atoms with E-state index in [2.05, 4.69) is 9.50 Å². The molecular formula is C26H21FN4O4S. The summed E-state index contributed by atoms with van der Waals surface area (Å²) >= 11 is 0. The number of hydrogen-bond acceptors (Lipinski definition) is 5. The lowest BCUT2D eigenvalue weighted by atomic mass is 10.1. The molecule has 36 heavy (non-hydrogen) atoms.